The highest BCUT2D eigenvalue weighted by atomic mass is 16.7. The number of aliphatic hydroxyl groups is 5. The van der Waals surface area contributed by atoms with Crippen LogP contribution in [0.1, 0.15) is 245 Å². The Kier molecular flexibility index (Phi) is 53.9. The van der Waals surface area contributed by atoms with Crippen molar-refractivity contribution in [2.75, 3.05) is 13.2 Å². The molecule has 1 saturated heterocycles. The zero-order chi connectivity index (χ0) is 60.3. The Labute approximate surface area is 505 Å². The molecule has 1 amide bonds. The van der Waals surface area contributed by atoms with Gasteiger partial charge in [0.2, 0.25) is 5.91 Å². The number of ether oxygens (including phenoxy) is 3. The van der Waals surface area contributed by atoms with Crippen molar-refractivity contribution in [3.8, 4) is 0 Å². The van der Waals surface area contributed by atoms with E-state index in [0.717, 1.165) is 96.3 Å². The lowest BCUT2D eigenvalue weighted by molar-refractivity contribution is -0.305. The van der Waals surface area contributed by atoms with Crippen LogP contribution in [0.2, 0.25) is 0 Å². The van der Waals surface area contributed by atoms with Crippen LogP contribution in [-0.2, 0) is 23.8 Å². The monoisotopic (exact) mass is 1160 g/mol. The number of carbonyl (C=O) groups is 2. The molecular weight excluding hydrogens is 1040 g/mol. The van der Waals surface area contributed by atoms with E-state index in [1.165, 1.54) is 103 Å². The highest BCUT2D eigenvalue weighted by Gasteiger charge is 2.47. The van der Waals surface area contributed by atoms with E-state index >= 15 is 0 Å². The van der Waals surface area contributed by atoms with Crippen LogP contribution in [0, 0.1) is 0 Å². The van der Waals surface area contributed by atoms with Gasteiger partial charge in [-0.05, 0) is 89.9 Å². The Morgan fingerprint density at radius 2 is 0.916 bits per heavy atom. The van der Waals surface area contributed by atoms with Crippen molar-refractivity contribution in [2.24, 2.45) is 0 Å². The molecule has 11 nitrogen and oxygen atoms in total. The lowest BCUT2D eigenvalue weighted by atomic mass is 9.99. The molecule has 0 aromatic heterocycles. The molecule has 1 fully saturated rings. The molecule has 11 heteroatoms. The maximum atomic E-state index is 13.4. The van der Waals surface area contributed by atoms with Crippen molar-refractivity contribution in [1.82, 2.24) is 5.32 Å². The number of aliphatic hydroxyl groups excluding tert-OH is 5. The molecule has 83 heavy (non-hydrogen) atoms. The number of amides is 1. The van der Waals surface area contributed by atoms with Gasteiger partial charge < -0.3 is 45.1 Å². The molecule has 0 aromatic carbocycles. The van der Waals surface area contributed by atoms with E-state index in [1.807, 2.05) is 72.9 Å². The number of nitrogens with one attached hydrogen (secondary N) is 1. The fraction of sp³-hybridized carbons (Fsp3) is 0.667. The van der Waals surface area contributed by atoms with E-state index in [2.05, 4.69) is 80.8 Å². The molecule has 1 aliphatic rings. The van der Waals surface area contributed by atoms with Gasteiger partial charge in [0.25, 0.3) is 0 Å². The van der Waals surface area contributed by atoms with Crippen LogP contribution in [0.5, 0.6) is 0 Å². The molecule has 0 spiro atoms. The van der Waals surface area contributed by atoms with E-state index in [-0.39, 0.29) is 19.4 Å². The van der Waals surface area contributed by atoms with Crippen molar-refractivity contribution in [2.45, 2.75) is 294 Å². The number of carbonyl (C=O) groups excluding carboxylic acids is 2. The third-order valence-electron chi connectivity index (χ3n) is 14.7. The summed E-state index contributed by atoms with van der Waals surface area (Å²) in [6.07, 6.45) is 72.1. The van der Waals surface area contributed by atoms with Crippen molar-refractivity contribution < 1.29 is 49.3 Å². The molecule has 0 aromatic rings. The SMILES string of the molecule is CC\C=C/C=C/C=C/C=C\C=C\C=C\CCCCC(O)C(=O)NC(COC1OC(CO)C(O)C(O)C1OC(=O)CCCCCCCCCCCCC/C=C\C/C=C\C/C=C\C/C=C\CCCCC)C(O)/C=C/CCCCCCCCCCC. The first-order chi connectivity index (χ1) is 40.7. The first-order valence-electron chi connectivity index (χ1n) is 33.0. The highest BCUT2D eigenvalue weighted by molar-refractivity contribution is 5.80. The van der Waals surface area contributed by atoms with Crippen LogP contribution in [0.3, 0.4) is 0 Å². The Bertz CT molecular complexity index is 1860. The summed E-state index contributed by atoms with van der Waals surface area (Å²) < 4.78 is 17.6. The molecule has 8 atom stereocenters. The van der Waals surface area contributed by atoms with E-state index in [4.69, 9.17) is 14.2 Å². The number of hydrogen-bond donors (Lipinski definition) is 6. The topological polar surface area (TPSA) is 175 Å². The summed E-state index contributed by atoms with van der Waals surface area (Å²) in [5.74, 6) is -1.25. The summed E-state index contributed by atoms with van der Waals surface area (Å²) in [6.45, 7) is 5.57. The van der Waals surface area contributed by atoms with Gasteiger partial charge in [0.05, 0.1) is 25.4 Å². The Morgan fingerprint density at radius 1 is 0.494 bits per heavy atom. The lowest BCUT2D eigenvalue weighted by Gasteiger charge is -2.41. The van der Waals surface area contributed by atoms with Gasteiger partial charge in [-0.1, -0.05) is 283 Å². The Morgan fingerprint density at radius 3 is 1.43 bits per heavy atom. The van der Waals surface area contributed by atoms with Crippen LogP contribution >= 0.6 is 0 Å². The molecule has 0 saturated carbocycles. The summed E-state index contributed by atoms with van der Waals surface area (Å²) in [5, 5.41) is 57.0. The first-order valence-corrected chi connectivity index (χ1v) is 33.0. The van der Waals surface area contributed by atoms with Gasteiger partial charge in [0.15, 0.2) is 12.4 Å². The van der Waals surface area contributed by atoms with E-state index in [1.54, 1.807) is 6.08 Å². The maximum absolute atomic E-state index is 13.4. The number of rotatable bonds is 54. The largest absolute Gasteiger partial charge is 0.454 e. The van der Waals surface area contributed by atoms with Crippen LogP contribution in [0.25, 0.3) is 0 Å². The summed E-state index contributed by atoms with van der Waals surface area (Å²) in [6, 6.07) is -1.06. The smallest absolute Gasteiger partial charge is 0.306 e. The zero-order valence-electron chi connectivity index (χ0n) is 52.3. The van der Waals surface area contributed by atoms with Crippen LogP contribution in [-0.4, -0.2) is 99.6 Å². The number of hydrogen-bond acceptors (Lipinski definition) is 10. The number of allylic oxidation sites excluding steroid dienone is 21. The van der Waals surface area contributed by atoms with Gasteiger partial charge in [-0.15, -0.1) is 0 Å². The van der Waals surface area contributed by atoms with Crippen molar-refractivity contribution in [1.29, 1.82) is 0 Å². The molecule has 8 unspecified atom stereocenters. The Balaban J connectivity index is 2.60. The zero-order valence-corrected chi connectivity index (χ0v) is 52.3. The number of esters is 1. The summed E-state index contributed by atoms with van der Waals surface area (Å²) >= 11 is 0. The van der Waals surface area contributed by atoms with Crippen LogP contribution in [0.4, 0.5) is 0 Å². The Hall–Kier alpha value is -4.20. The maximum Gasteiger partial charge on any atom is 0.306 e. The average molecular weight is 1160 g/mol. The second kappa shape index (κ2) is 58.2. The predicted octanol–water partition coefficient (Wildman–Crippen LogP) is 16.4. The van der Waals surface area contributed by atoms with E-state index in [9.17, 15) is 35.1 Å². The van der Waals surface area contributed by atoms with Gasteiger partial charge in [-0.3, -0.25) is 9.59 Å². The third-order valence-corrected chi connectivity index (χ3v) is 14.7. The summed E-state index contributed by atoms with van der Waals surface area (Å²) in [4.78, 5) is 26.6. The minimum atomic E-state index is -1.63. The normalized spacial score (nSPS) is 19.4. The van der Waals surface area contributed by atoms with E-state index < -0.39 is 67.4 Å². The van der Waals surface area contributed by atoms with Crippen molar-refractivity contribution >= 4 is 11.9 Å². The van der Waals surface area contributed by atoms with Crippen LogP contribution < -0.4 is 5.32 Å². The minimum absolute atomic E-state index is 0.106. The van der Waals surface area contributed by atoms with Gasteiger partial charge in [-0.25, -0.2) is 0 Å². The standard InChI is InChI=1S/C72H119NO10/c1-4-7-10-13-16-19-22-24-26-28-29-30-31-32-33-34-35-36-37-38-40-42-45-48-51-54-57-60-67(77)83-70-69(79)68(78)66(61-74)82-72(70)81-62-63(64(75)58-55-52-49-46-43-21-18-15-12-9-6-3)73-71(80)65(76)59-56-53-50-47-44-41-39-27-25-23-20-17-14-11-8-5-2/h8,11,14,16-17,19-20,23-27,29-30,32-33,39,41,44,47,55,58,63-66,68-70,72,74-76,78-79H,4-7,9-10,12-13,15,18,21-22,28,31,34-38,40,42-43,45-46,48-54,56-57,59-62H2,1-3H3,(H,73,80)/b11-8-,17-14+,19-16-,23-20+,26-24-,27-25-,30-29-,33-32-,41-39+,47-44+,58-55+. The quantitative estimate of drug-likeness (QED) is 0.0149. The molecule has 0 radical (unpaired) electrons. The van der Waals surface area contributed by atoms with Gasteiger partial charge in [-0.2, -0.15) is 0 Å². The summed E-state index contributed by atoms with van der Waals surface area (Å²) in [5.41, 5.74) is 0. The minimum Gasteiger partial charge on any atom is -0.454 e. The van der Waals surface area contributed by atoms with Gasteiger partial charge in [0, 0.05) is 6.42 Å². The lowest BCUT2D eigenvalue weighted by Crippen LogP contribution is -2.61. The number of unbranched alkanes of at least 4 members (excludes halogenated alkanes) is 25. The van der Waals surface area contributed by atoms with Crippen molar-refractivity contribution in [3.63, 3.8) is 0 Å². The molecule has 1 heterocycles. The van der Waals surface area contributed by atoms with Gasteiger partial charge in [0.1, 0.15) is 24.4 Å². The fourth-order valence-electron chi connectivity index (χ4n) is 9.49. The third kappa shape index (κ3) is 45.8. The summed E-state index contributed by atoms with van der Waals surface area (Å²) in [7, 11) is 0. The highest BCUT2D eigenvalue weighted by Crippen LogP contribution is 2.26. The average Bonchev–Trinajstić information content (AvgIpc) is 3.52. The molecule has 0 bridgehead atoms. The molecule has 0 aliphatic carbocycles. The fourth-order valence-corrected chi connectivity index (χ4v) is 9.49. The second-order valence-electron chi connectivity index (χ2n) is 22.3. The molecule has 1 aliphatic heterocycles. The first kappa shape index (κ1) is 76.8. The second-order valence-corrected chi connectivity index (χ2v) is 22.3. The molecular formula is C72H119NO10. The van der Waals surface area contributed by atoms with Crippen LogP contribution in [0.15, 0.2) is 134 Å². The van der Waals surface area contributed by atoms with E-state index in [0.29, 0.717) is 12.8 Å². The van der Waals surface area contributed by atoms with Crippen molar-refractivity contribution in [3.05, 3.63) is 134 Å². The predicted molar refractivity (Wildman–Crippen MR) is 347 cm³/mol. The molecule has 472 valence electrons. The molecule has 1 rings (SSSR count). The van der Waals surface area contributed by atoms with Gasteiger partial charge >= 0.3 is 5.97 Å². The molecule has 6 N–H and O–H groups in total.